The number of fused-ring (bicyclic) bond motifs is 16. The minimum absolute atomic E-state index is 0.0634. The van der Waals surface area contributed by atoms with Crippen LogP contribution >= 0.6 is 127 Å². The molecule has 10 aromatic rings. The molecule has 0 amide bonds. The third-order valence-electron chi connectivity index (χ3n) is 20.9. The molecule has 0 bridgehead atoms. The lowest BCUT2D eigenvalue weighted by Crippen LogP contribution is -2.13. The Morgan fingerprint density at radius 3 is 1.20 bits per heavy atom. The van der Waals surface area contributed by atoms with Crippen molar-refractivity contribution < 1.29 is 9.59 Å². The van der Waals surface area contributed by atoms with Crippen molar-refractivity contribution in [3.05, 3.63) is 137 Å². The van der Waals surface area contributed by atoms with Crippen molar-refractivity contribution in [1.29, 1.82) is 11.9 Å². The lowest BCUT2D eigenvalue weighted by Gasteiger charge is -2.20. The fourth-order valence-electron chi connectivity index (χ4n) is 15.5. The number of hydrogen-bond donors (Lipinski definition) is 0. The molecule has 552 valence electrons. The summed E-state index contributed by atoms with van der Waals surface area (Å²) >= 11 is 20.6. The predicted octanol–water partition coefficient (Wildman–Crippen LogP) is 29.6. The van der Waals surface area contributed by atoms with Crippen LogP contribution < -0.4 is 0 Å². The second-order valence-corrected chi connectivity index (χ2v) is 35.2. The molecule has 0 spiro atoms. The molecular formula is C84H98BBr4N8O2PS5. The van der Waals surface area contributed by atoms with Crippen LogP contribution in [0, 0.1) is 47.6 Å². The number of hydrogen-bond acceptors (Lipinski definition) is 11. The van der Waals surface area contributed by atoms with Crippen molar-refractivity contribution in [2.45, 2.75) is 234 Å². The van der Waals surface area contributed by atoms with Gasteiger partial charge in [-0.1, -0.05) is 286 Å². The standard InChI is InChI=1S/C82H90N8O2S5.2CH3Br.BBr2H2P/c1-9-15-19-21-23-25-27-29-31-43-57-63(45-59-65(61(47-83)85-7)53-39-33-35-41-55(53)75(59)91)93-81-73-79(95-77(57)81)67-69-70(88-97-87-69)68-72(71(67)89(73)49-51(13-5)37-17-11-3)90(50-52(14-6)38-18-12-4)74-80(68)96-78-58(44-32-30-28-26-24-22-20-16-10-2)64(94-82(74)78)46-60-66(62(48-84)86-8)54-40-34-36-42-56(54)76(60)92;2*1-2;2-1-4-3/h33-36,39-42,45-46,51-52H,9-32,37-38,43-44,49-50H2,1-6H3;2*1H3;1,4H/b59-45-,60-46-,65-61+,66-62?;;;/i;;;1T. The highest BCUT2D eigenvalue weighted by Gasteiger charge is 2.37. The number of benzene rings is 3. The number of carbonyl (C=O) groups excluding carboxylic acids is 2. The first-order chi connectivity index (χ1) is 51.9. The van der Waals surface area contributed by atoms with Crippen molar-refractivity contribution >= 4 is 240 Å². The van der Waals surface area contributed by atoms with Crippen LogP contribution in [-0.4, -0.2) is 48.2 Å². The second-order valence-electron chi connectivity index (χ2n) is 27.4. The number of carbonyl (C=O) groups is 2. The van der Waals surface area contributed by atoms with Gasteiger partial charge in [0.05, 0.1) is 87.3 Å². The molecule has 0 aliphatic heterocycles. The van der Waals surface area contributed by atoms with Gasteiger partial charge in [0.2, 0.25) is 5.79 Å². The van der Waals surface area contributed by atoms with E-state index in [9.17, 15) is 20.1 Å². The molecule has 2 aliphatic rings. The Morgan fingerprint density at radius 2 is 0.876 bits per heavy atom. The molecule has 105 heavy (non-hydrogen) atoms. The van der Waals surface area contributed by atoms with Gasteiger partial charge in [0, 0.05) is 68.4 Å². The summed E-state index contributed by atoms with van der Waals surface area (Å²) in [5.74, 6) is 4.01. The number of nitriles is 2. The minimum Gasteiger partial charge on any atom is -0.337 e. The number of halogens is 4. The van der Waals surface area contributed by atoms with E-state index in [0.29, 0.717) is 63.5 Å². The Labute approximate surface area is 679 Å². The van der Waals surface area contributed by atoms with E-state index in [2.05, 4.69) is 136 Å². The number of ketones is 2. The normalized spacial score (nSPS) is 15.1. The summed E-state index contributed by atoms with van der Waals surface area (Å²) in [7, 11) is 0.510. The Balaban J connectivity index is 0.00000137. The number of allylic oxidation sites excluding steroid dienone is 6. The van der Waals surface area contributed by atoms with Gasteiger partial charge in [-0.3, -0.25) is 9.59 Å². The Morgan fingerprint density at radius 1 is 0.533 bits per heavy atom. The maximum atomic E-state index is 14.8. The first-order valence-electron chi connectivity index (χ1n) is 38.5. The van der Waals surface area contributed by atoms with Crippen molar-refractivity contribution in [3.63, 3.8) is 0 Å². The minimum atomic E-state index is -0.147. The molecule has 12 rings (SSSR count). The molecule has 3 unspecified atom stereocenters. The van der Waals surface area contributed by atoms with Gasteiger partial charge >= 0.3 is 0 Å². The van der Waals surface area contributed by atoms with Gasteiger partial charge < -0.3 is 9.13 Å². The maximum Gasteiger partial charge on any atom is 0.270 e. The zero-order chi connectivity index (χ0) is 76.0. The summed E-state index contributed by atoms with van der Waals surface area (Å²) in [5, 5.41) is 23.3. The first-order valence-corrected chi connectivity index (χ1v) is 49.3. The van der Waals surface area contributed by atoms with Crippen molar-refractivity contribution in [2.24, 2.45) is 11.8 Å². The van der Waals surface area contributed by atoms with Gasteiger partial charge in [-0.25, -0.2) is 20.2 Å². The molecule has 0 saturated carbocycles. The molecule has 0 N–H and O–H groups in total. The van der Waals surface area contributed by atoms with Gasteiger partial charge in [-0.05, 0) is 96.4 Å². The smallest absolute Gasteiger partial charge is 0.270 e. The van der Waals surface area contributed by atoms with Crippen molar-refractivity contribution in [1.82, 2.24) is 17.9 Å². The number of nitrogens with zero attached hydrogens (tertiary/aromatic N) is 8. The van der Waals surface area contributed by atoms with E-state index < -0.39 is 0 Å². The number of Topliss-reactive ketones (excluding diaryl/α,β-unsaturated/α-hetero) is 2. The highest BCUT2D eigenvalue weighted by molar-refractivity contribution is 9.44. The Bertz CT molecular complexity index is 4720. The van der Waals surface area contributed by atoms with Gasteiger partial charge in [0.15, 0.2) is 11.6 Å². The number of thiophene rings is 4. The van der Waals surface area contributed by atoms with E-state index in [1.54, 1.807) is 22.7 Å². The van der Waals surface area contributed by atoms with Crippen LogP contribution in [0.15, 0.2) is 71.1 Å². The molecule has 0 fully saturated rings. The Hall–Kier alpha value is -4.93. The van der Waals surface area contributed by atoms with Crippen LogP contribution in [0.4, 0.5) is 0 Å². The third-order valence-corrected chi connectivity index (χ3v) is 29.9. The molecule has 7 heterocycles. The number of aryl methyl sites for hydroxylation is 2. The average Bonchev–Trinajstić information content (AvgIpc) is 1.51. The van der Waals surface area contributed by atoms with E-state index in [1.807, 2.05) is 95.0 Å². The van der Waals surface area contributed by atoms with E-state index in [1.165, 1.54) is 174 Å². The summed E-state index contributed by atoms with van der Waals surface area (Å²) in [4.78, 5) is 39.1. The Kier molecular flexibility index (Phi) is 33.3. The van der Waals surface area contributed by atoms with Crippen molar-refractivity contribution in [2.75, 3.05) is 11.7 Å². The van der Waals surface area contributed by atoms with Gasteiger partial charge in [-0.2, -0.15) is 24.5 Å². The summed E-state index contributed by atoms with van der Waals surface area (Å²) in [6, 6.07) is 19.3. The zero-order valence-electron chi connectivity index (χ0n) is 63.2. The van der Waals surface area contributed by atoms with Gasteiger partial charge in [-0.15, -0.1) is 45.3 Å². The van der Waals surface area contributed by atoms with Crippen molar-refractivity contribution in [3.8, 4) is 12.1 Å². The monoisotopic (exact) mass is 1770 g/mol. The highest BCUT2D eigenvalue weighted by Crippen LogP contribution is 2.56. The molecule has 10 nitrogen and oxygen atoms in total. The van der Waals surface area contributed by atoms with E-state index in [0.717, 1.165) is 124 Å². The SMILES string of the molecule is CBr.CBr.[3H]B(Br)PBr.[C-]#[N+]C(C#N)=C1/C(=C/c2sc3c(sc4c5c6nsnc6c6c7sc8c(CCCCCCCCCCC)c(/C=C9\C(=O)c%10ccccc%10\C9=C(\C#N)[N+]#[C-])sc8c7n(CC(CC)CCCC)c6c5n(CC(CC)CCCC)c34)c2CCCCCCCCCCC)C(=O)c2ccccc21. The number of aromatic nitrogens is 4. The summed E-state index contributed by atoms with van der Waals surface area (Å²) < 4.78 is 30.3. The quantitative estimate of drug-likeness (QED) is 0.00741. The fraction of sp³-hybridized carbons (Fsp3) is 0.476. The number of rotatable bonds is 35. The fourth-order valence-corrected chi connectivity index (χ4v) is 22.0. The molecule has 0 radical (unpaired) electrons. The van der Waals surface area contributed by atoms with Crippen LogP contribution in [0.5, 0.6) is 0 Å². The number of alkyl halides is 2. The molecule has 21 heteroatoms. The summed E-state index contributed by atoms with van der Waals surface area (Å²) in [6.07, 6.45) is 36.4. The van der Waals surface area contributed by atoms with E-state index in [-0.39, 0.29) is 28.7 Å². The maximum absolute atomic E-state index is 14.8. The summed E-state index contributed by atoms with van der Waals surface area (Å²) in [5.41, 5.74) is 13.2. The van der Waals surface area contributed by atoms with Crippen LogP contribution in [0.1, 0.15) is 261 Å². The summed E-state index contributed by atoms with van der Waals surface area (Å²) in [6.45, 7) is 31.9. The van der Waals surface area contributed by atoms with Crippen LogP contribution in [0.25, 0.3) is 105 Å². The zero-order valence-corrected chi connectivity index (χ0v) is 73.6. The van der Waals surface area contributed by atoms with Crippen LogP contribution in [0.3, 0.4) is 0 Å². The molecule has 2 aliphatic carbocycles. The topological polar surface area (TPSA) is 126 Å². The molecule has 7 aromatic heterocycles. The number of unbranched alkanes of at least 4 members (excludes halogenated alkanes) is 18. The first kappa shape index (κ1) is 82.6. The van der Waals surface area contributed by atoms with E-state index in [4.69, 9.17) is 23.2 Å². The largest absolute Gasteiger partial charge is 0.337 e. The highest BCUT2D eigenvalue weighted by atomic mass is 79.9. The van der Waals surface area contributed by atoms with Crippen LogP contribution in [0.2, 0.25) is 0 Å². The van der Waals surface area contributed by atoms with Crippen LogP contribution in [-0.2, 0) is 25.9 Å². The molecule has 0 saturated heterocycles. The third kappa shape index (κ3) is 18.3. The average molecular weight is 1780 g/mol. The van der Waals surface area contributed by atoms with E-state index >= 15 is 0 Å². The lowest BCUT2D eigenvalue weighted by atomic mass is 9.98. The lowest BCUT2D eigenvalue weighted by molar-refractivity contribution is 0.103. The molecular weight excluding hydrogens is 1670 g/mol. The van der Waals surface area contributed by atoms with Gasteiger partial charge in [0.25, 0.3) is 11.4 Å². The molecule has 3 atom stereocenters. The predicted molar refractivity (Wildman–Crippen MR) is 477 cm³/mol. The molecule has 3 aromatic carbocycles. The van der Waals surface area contributed by atoms with Gasteiger partial charge in [0.1, 0.15) is 11.0 Å². The second kappa shape index (κ2) is 42.3.